The van der Waals surface area contributed by atoms with Crippen LogP contribution in [0.15, 0.2) is 78.9 Å². The highest BCUT2D eigenvalue weighted by Gasteiger charge is 2.37. The number of hydrogen-bond acceptors (Lipinski definition) is 19. The molecule has 0 aromatic heterocycles. The van der Waals surface area contributed by atoms with E-state index < -0.39 is 181 Å². The number of aliphatic hydroxyl groups is 2. The quantitative estimate of drug-likeness (QED) is 0.0379. The van der Waals surface area contributed by atoms with E-state index >= 15 is 0 Å². The fourth-order valence-corrected chi connectivity index (χ4v) is 10.7. The predicted molar refractivity (Wildman–Crippen MR) is 311 cm³/mol. The number of aliphatic hydroxyl groups excluding tert-OH is 2. The Kier molecular flexibility index (Phi) is 28.2. The highest BCUT2D eigenvalue weighted by molar-refractivity contribution is 8.76. The summed E-state index contributed by atoms with van der Waals surface area (Å²) in [4.78, 5) is 176. The number of aliphatic carboxylic acids is 2. The summed E-state index contributed by atoms with van der Waals surface area (Å²) in [5, 5.41) is 84.0. The summed E-state index contributed by atoms with van der Waals surface area (Å²) in [6, 6.07) is 1.57. The number of carbonyl (C=O) groups excluding carboxylic acids is 11. The Morgan fingerprint density at radius 1 is 0.552 bits per heavy atom. The zero-order valence-corrected chi connectivity index (χ0v) is 48.9. The Bertz CT molecular complexity index is 2940. The van der Waals surface area contributed by atoms with Crippen molar-refractivity contribution in [3.05, 3.63) is 95.6 Å². The molecule has 10 atom stereocenters. The van der Waals surface area contributed by atoms with E-state index in [1.807, 2.05) is 0 Å². The number of carboxylic acid groups (broad SMARTS) is 2. The lowest BCUT2D eigenvalue weighted by Crippen LogP contribution is -2.62. The maximum absolute atomic E-state index is 14.7. The second-order valence-electron chi connectivity index (χ2n) is 20.4. The largest absolute Gasteiger partial charge is 0.508 e. The molecule has 0 bridgehead atoms. The standard InChI is InChI=1S/C55H71N11O19S2/c1-27(2)17-35(47(77)58-34(46(56)76)21-44(72)73)59-49(79)37(19-30-9-13-32(70)14-10-30)61-54(84)42-25-86-87-26-43(65-48(78)36(57-28(3)69)18-29-7-5-4-6-8-29)55(85)64-40(23-67)52(82)62-39(22-45(74)75)51(81)60-38(20-31-11-15-33(71)16-12-31)50(80)63-41(24-68)53(83)66-42/h4-16,27,34-43,67-68,70-71H,17-26H2,1-3H3,(H2,56,76)(H,57,69)(H,58,77)(H,59,79)(H,60,81)(H,61,84)(H,62,82)(H,63,80)(H,64,85)(H,65,78)(H,66,83)(H,72,73)(H,74,75)/t34-,35-,36-,37-,38-,39-,40-,41-,42-,43-/m0/s1. The van der Waals surface area contributed by atoms with E-state index in [1.165, 1.54) is 48.5 Å². The second-order valence-corrected chi connectivity index (χ2v) is 22.9. The fraction of sp³-hybridized carbons (Fsp3) is 0.436. The third-order valence-corrected chi connectivity index (χ3v) is 15.3. The molecule has 0 aliphatic carbocycles. The predicted octanol–water partition coefficient (Wildman–Crippen LogP) is -4.15. The molecule has 30 nitrogen and oxygen atoms in total. The fourth-order valence-electron chi connectivity index (χ4n) is 8.38. The van der Waals surface area contributed by atoms with Gasteiger partial charge in [0.2, 0.25) is 65.0 Å². The maximum atomic E-state index is 14.7. The van der Waals surface area contributed by atoms with Crippen molar-refractivity contribution in [2.75, 3.05) is 24.7 Å². The van der Waals surface area contributed by atoms with Gasteiger partial charge >= 0.3 is 11.9 Å². The SMILES string of the molecule is CC(=O)N[C@@H](Cc1ccccc1)C(=O)N[C@H]1CSSC[C@@H](C(=O)N[C@@H](Cc2ccc(O)cc2)C(=O)N[C@@H](CC(C)C)C(=O)N[C@@H](CC(=O)O)C(N)=O)NC(=O)[C@H](CO)NC(=O)[C@H](Cc2ccc(O)cc2)NC(=O)[C@H](CC(=O)O)NC(=O)[C@H](CO)NC1=O. The van der Waals surface area contributed by atoms with Gasteiger partial charge in [0, 0.05) is 37.7 Å². The second kappa shape index (κ2) is 34.8. The highest BCUT2D eigenvalue weighted by atomic mass is 33.1. The molecule has 0 radical (unpaired) electrons. The molecule has 32 heteroatoms. The van der Waals surface area contributed by atoms with Crippen LogP contribution in [0.3, 0.4) is 0 Å². The molecule has 1 aliphatic rings. The number of nitrogens with one attached hydrogen (secondary N) is 10. The topological polar surface area (TPSA) is 490 Å². The number of primary amides is 1. The number of hydrogen-bond donors (Lipinski definition) is 17. The van der Waals surface area contributed by atoms with Crippen molar-refractivity contribution in [1.29, 1.82) is 0 Å². The minimum absolute atomic E-state index is 0.0847. The minimum Gasteiger partial charge on any atom is -0.508 e. The molecule has 87 heavy (non-hydrogen) atoms. The highest BCUT2D eigenvalue weighted by Crippen LogP contribution is 2.24. The molecular formula is C55H71N11O19S2. The molecule has 0 spiro atoms. The van der Waals surface area contributed by atoms with Gasteiger partial charge in [-0.15, -0.1) is 0 Å². The van der Waals surface area contributed by atoms with E-state index in [4.69, 9.17) is 5.73 Å². The van der Waals surface area contributed by atoms with Crippen LogP contribution in [0.1, 0.15) is 56.7 Å². The molecule has 0 saturated carbocycles. The van der Waals surface area contributed by atoms with Crippen molar-refractivity contribution in [2.24, 2.45) is 11.7 Å². The van der Waals surface area contributed by atoms with Gasteiger partial charge in [-0.2, -0.15) is 0 Å². The van der Waals surface area contributed by atoms with Crippen molar-refractivity contribution < 1.29 is 93.0 Å². The van der Waals surface area contributed by atoms with Crippen LogP contribution in [-0.2, 0) is 81.6 Å². The summed E-state index contributed by atoms with van der Waals surface area (Å²) in [7, 11) is 1.56. The zero-order valence-electron chi connectivity index (χ0n) is 47.3. The van der Waals surface area contributed by atoms with Gasteiger partial charge in [-0.3, -0.25) is 62.3 Å². The van der Waals surface area contributed by atoms with Crippen LogP contribution < -0.4 is 58.9 Å². The molecule has 1 aliphatic heterocycles. The summed E-state index contributed by atoms with van der Waals surface area (Å²) in [6.07, 6.45) is -3.05. The molecule has 4 rings (SSSR count). The first-order valence-electron chi connectivity index (χ1n) is 27.0. The van der Waals surface area contributed by atoms with Gasteiger partial charge in [0.1, 0.15) is 71.9 Å². The Balaban J connectivity index is 1.82. The molecule has 1 fully saturated rings. The van der Waals surface area contributed by atoms with Gasteiger partial charge in [0.15, 0.2) is 0 Å². The van der Waals surface area contributed by atoms with Gasteiger partial charge in [-0.1, -0.05) is 90.0 Å². The Hall–Kier alpha value is -9.01. The zero-order chi connectivity index (χ0) is 64.5. The van der Waals surface area contributed by atoms with E-state index in [0.29, 0.717) is 11.1 Å². The van der Waals surface area contributed by atoms with E-state index in [0.717, 1.165) is 28.5 Å². The van der Waals surface area contributed by atoms with Crippen LogP contribution in [0.4, 0.5) is 0 Å². The lowest BCUT2D eigenvalue weighted by atomic mass is 10.00. The first kappa shape index (κ1) is 70.5. The molecule has 11 amide bonds. The number of amides is 11. The molecule has 472 valence electrons. The van der Waals surface area contributed by atoms with E-state index in [-0.39, 0.29) is 42.2 Å². The average Bonchev–Trinajstić information content (AvgIpc) is 3.54. The Morgan fingerprint density at radius 2 is 1.02 bits per heavy atom. The third kappa shape index (κ3) is 24.1. The van der Waals surface area contributed by atoms with Crippen molar-refractivity contribution in [1.82, 2.24) is 53.2 Å². The van der Waals surface area contributed by atoms with Gasteiger partial charge in [-0.05, 0) is 53.3 Å². The van der Waals surface area contributed by atoms with Crippen LogP contribution in [0.2, 0.25) is 0 Å². The molecular weight excluding hydrogens is 1180 g/mol. The lowest BCUT2D eigenvalue weighted by Gasteiger charge is -2.28. The van der Waals surface area contributed by atoms with Crippen molar-refractivity contribution in [3.8, 4) is 11.5 Å². The van der Waals surface area contributed by atoms with Gasteiger partial charge < -0.3 is 89.5 Å². The van der Waals surface area contributed by atoms with Gasteiger partial charge in [0.25, 0.3) is 0 Å². The number of phenols is 2. The summed E-state index contributed by atoms with van der Waals surface area (Å²) in [5.74, 6) is -17.0. The molecule has 1 heterocycles. The van der Waals surface area contributed by atoms with Crippen LogP contribution >= 0.6 is 21.6 Å². The Morgan fingerprint density at radius 3 is 1.56 bits per heavy atom. The number of aromatic hydroxyl groups is 2. The average molecular weight is 1250 g/mol. The van der Waals surface area contributed by atoms with E-state index in [2.05, 4.69) is 53.2 Å². The number of nitrogens with two attached hydrogens (primary N) is 1. The van der Waals surface area contributed by atoms with Crippen LogP contribution in [0.5, 0.6) is 11.5 Å². The summed E-state index contributed by atoms with van der Waals surface area (Å²) in [5.41, 5.74) is 6.53. The molecule has 3 aromatic carbocycles. The summed E-state index contributed by atoms with van der Waals surface area (Å²) < 4.78 is 0. The summed E-state index contributed by atoms with van der Waals surface area (Å²) in [6.45, 7) is 2.15. The minimum atomic E-state index is -2.03. The van der Waals surface area contributed by atoms with Crippen molar-refractivity contribution in [2.45, 2.75) is 120 Å². The smallest absolute Gasteiger partial charge is 0.305 e. The third-order valence-electron chi connectivity index (χ3n) is 12.8. The van der Waals surface area contributed by atoms with Gasteiger partial charge in [0.05, 0.1) is 26.1 Å². The number of carboxylic acids is 2. The number of carbonyl (C=O) groups is 13. The van der Waals surface area contributed by atoms with Crippen LogP contribution in [-0.4, -0.2) is 193 Å². The van der Waals surface area contributed by atoms with Gasteiger partial charge in [-0.25, -0.2) is 0 Å². The van der Waals surface area contributed by atoms with Crippen LogP contribution in [0, 0.1) is 5.92 Å². The molecule has 18 N–H and O–H groups in total. The molecule has 1 saturated heterocycles. The monoisotopic (exact) mass is 1250 g/mol. The van der Waals surface area contributed by atoms with Crippen LogP contribution in [0.25, 0.3) is 0 Å². The normalized spacial score (nSPS) is 20.4. The summed E-state index contributed by atoms with van der Waals surface area (Å²) >= 11 is 0. The lowest BCUT2D eigenvalue weighted by molar-refractivity contribution is -0.142. The van der Waals surface area contributed by atoms with Crippen molar-refractivity contribution in [3.63, 3.8) is 0 Å². The Labute approximate surface area is 505 Å². The van der Waals surface area contributed by atoms with Crippen molar-refractivity contribution >= 4 is 98.5 Å². The number of rotatable bonds is 24. The van der Waals surface area contributed by atoms with E-state index in [1.54, 1.807) is 44.2 Å². The molecule has 0 unspecified atom stereocenters. The maximum Gasteiger partial charge on any atom is 0.305 e. The number of phenolic OH excluding ortho intramolecular Hbond substituents is 2. The first-order chi connectivity index (χ1) is 41.2. The first-order valence-corrected chi connectivity index (χ1v) is 29.4. The van der Waals surface area contributed by atoms with E-state index in [9.17, 15) is 93.0 Å². The molecule has 3 aromatic rings. The number of benzene rings is 3.